The van der Waals surface area contributed by atoms with Crippen molar-refractivity contribution in [2.75, 3.05) is 33.0 Å². The lowest BCUT2D eigenvalue weighted by Crippen LogP contribution is -2.45. The van der Waals surface area contributed by atoms with Crippen LogP contribution < -0.4 is 0 Å². The van der Waals surface area contributed by atoms with E-state index in [4.69, 9.17) is 22.1 Å². The average molecular weight is 369 g/mol. The van der Waals surface area contributed by atoms with Gasteiger partial charge in [-0.05, 0) is 46.7 Å². The maximum Gasteiger partial charge on any atom is 0.500 e. The summed E-state index contributed by atoms with van der Waals surface area (Å²) in [6.07, 6.45) is 0. The Morgan fingerprint density at radius 1 is 0.435 bits per heavy atom. The molecular formula is C16H40O5Si2. The summed E-state index contributed by atoms with van der Waals surface area (Å²) >= 11 is 0. The van der Waals surface area contributed by atoms with E-state index in [2.05, 4.69) is 13.8 Å². The highest BCUT2D eigenvalue weighted by molar-refractivity contribution is 6.67. The van der Waals surface area contributed by atoms with Gasteiger partial charge in [-0.3, -0.25) is 0 Å². The Balaban J connectivity index is 0. The Labute approximate surface area is 146 Å². The fourth-order valence-electron chi connectivity index (χ4n) is 2.32. The van der Waals surface area contributed by atoms with Crippen LogP contribution in [-0.4, -0.2) is 50.4 Å². The first-order valence-electron chi connectivity index (χ1n) is 9.18. The minimum absolute atomic E-state index is 0.667. The lowest BCUT2D eigenvalue weighted by atomic mass is 10.9. The minimum Gasteiger partial charge on any atom is -0.395 e. The molecule has 0 aromatic rings. The van der Waals surface area contributed by atoms with Crippen molar-refractivity contribution in [3.05, 3.63) is 0 Å². The number of rotatable bonds is 13. The maximum absolute atomic E-state index is 5.68. The summed E-state index contributed by atoms with van der Waals surface area (Å²) < 4.78 is 28.0. The molecule has 0 aromatic carbocycles. The van der Waals surface area contributed by atoms with E-state index in [1.165, 1.54) is 0 Å². The summed E-state index contributed by atoms with van der Waals surface area (Å²) in [4.78, 5) is 0. The van der Waals surface area contributed by atoms with Crippen LogP contribution in [-0.2, 0) is 22.1 Å². The summed E-state index contributed by atoms with van der Waals surface area (Å²) in [6, 6.07) is 2.97. The molecule has 0 aliphatic carbocycles. The molecule has 0 unspecified atom stereocenters. The molecule has 142 valence electrons. The van der Waals surface area contributed by atoms with E-state index < -0.39 is 17.4 Å². The standard InChI is InChI=1S/C8H20O3Si.C8H20O2Si/c1-5-9-12(8-4,10-6-2)11-7-3;1-5-9-11(7-3,8-4)10-6-2/h5-8H2,1-4H3;5-8H2,1-4H3. The quantitative estimate of drug-likeness (QED) is 0.445. The zero-order valence-electron chi connectivity index (χ0n) is 16.7. The van der Waals surface area contributed by atoms with E-state index in [0.29, 0.717) is 19.8 Å². The van der Waals surface area contributed by atoms with Crippen molar-refractivity contribution in [2.24, 2.45) is 0 Å². The molecule has 0 heterocycles. The maximum atomic E-state index is 5.68. The summed E-state index contributed by atoms with van der Waals surface area (Å²) in [5, 5.41) is 0. The Kier molecular flexibility index (Phi) is 17.4. The van der Waals surface area contributed by atoms with Crippen molar-refractivity contribution in [2.45, 2.75) is 73.5 Å². The van der Waals surface area contributed by atoms with Gasteiger partial charge in [0, 0.05) is 39.1 Å². The monoisotopic (exact) mass is 368 g/mol. The highest BCUT2D eigenvalue weighted by Crippen LogP contribution is 2.17. The molecule has 0 aliphatic rings. The second-order valence-corrected chi connectivity index (χ2v) is 11.6. The first-order chi connectivity index (χ1) is 11.0. The molecule has 0 atom stereocenters. The van der Waals surface area contributed by atoms with Crippen LogP contribution in [0.5, 0.6) is 0 Å². The minimum atomic E-state index is -2.27. The highest BCUT2D eigenvalue weighted by atomic mass is 28.4. The SMILES string of the molecule is CCO[Si](CC)(CC)OCC.CCO[Si](CC)(OCC)OCC. The topological polar surface area (TPSA) is 46.2 Å². The van der Waals surface area contributed by atoms with Crippen LogP contribution in [0.25, 0.3) is 0 Å². The van der Waals surface area contributed by atoms with Gasteiger partial charge in [0.1, 0.15) is 0 Å². The lowest BCUT2D eigenvalue weighted by Gasteiger charge is -2.27. The summed E-state index contributed by atoms with van der Waals surface area (Å²) in [5.74, 6) is 0. The molecule has 0 saturated carbocycles. The molecule has 0 radical (unpaired) electrons. The van der Waals surface area contributed by atoms with Gasteiger partial charge in [0.25, 0.3) is 0 Å². The van der Waals surface area contributed by atoms with Gasteiger partial charge in [0.15, 0.2) is 0 Å². The largest absolute Gasteiger partial charge is 0.500 e. The lowest BCUT2D eigenvalue weighted by molar-refractivity contribution is 0.0725. The molecule has 0 bridgehead atoms. The van der Waals surface area contributed by atoms with Crippen LogP contribution in [0.2, 0.25) is 18.1 Å². The van der Waals surface area contributed by atoms with Gasteiger partial charge < -0.3 is 22.1 Å². The average Bonchev–Trinajstić information content (AvgIpc) is 2.55. The van der Waals surface area contributed by atoms with Crippen molar-refractivity contribution in [1.82, 2.24) is 0 Å². The molecule has 0 N–H and O–H groups in total. The van der Waals surface area contributed by atoms with E-state index in [1.807, 2.05) is 41.5 Å². The molecule has 0 amide bonds. The van der Waals surface area contributed by atoms with E-state index in [1.54, 1.807) is 0 Å². The van der Waals surface area contributed by atoms with Crippen molar-refractivity contribution in [1.29, 1.82) is 0 Å². The second-order valence-electron chi connectivity index (χ2n) is 4.82. The third-order valence-corrected chi connectivity index (χ3v) is 10.3. The van der Waals surface area contributed by atoms with E-state index in [0.717, 1.165) is 31.3 Å². The van der Waals surface area contributed by atoms with Crippen LogP contribution in [0.1, 0.15) is 55.4 Å². The van der Waals surface area contributed by atoms with Gasteiger partial charge in [0.2, 0.25) is 0 Å². The molecule has 5 nitrogen and oxygen atoms in total. The molecule has 0 aliphatic heterocycles. The molecule has 0 rings (SSSR count). The Morgan fingerprint density at radius 3 is 0.913 bits per heavy atom. The van der Waals surface area contributed by atoms with E-state index >= 15 is 0 Å². The Morgan fingerprint density at radius 2 is 0.739 bits per heavy atom. The van der Waals surface area contributed by atoms with Gasteiger partial charge in [0.05, 0.1) is 0 Å². The summed E-state index contributed by atoms with van der Waals surface area (Å²) in [5.41, 5.74) is 0. The van der Waals surface area contributed by atoms with Gasteiger partial charge in [-0.25, -0.2) is 0 Å². The first-order valence-corrected chi connectivity index (χ1v) is 13.3. The summed E-state index contributed by atoms with van der Waals surface area (Å²) in [7, 11) is -4.01. The van der Waals surface area contributed by atoms with Crippen LogP contribution in [0, 0.1) is 0 Å². The normalized spacial score (nSPS) is 12.0. The van der Waals surface area contributed by atoms with Crippen LogP contribution >= 0.6 is 0 Å². The van der Waals surface area contributed by atoms with Gasteiger partial charge in [-0.2, -0.15) is 0 Å². The predicted molar refractivity (Wildman–Crippen MR) is 101 cm³/mol. The van der Waals surface area contributed by atoms with E-state index in [-0.39, 0.29) is 0 Å². The molecule has 0 saturated heterocycles. The van der Waals surface area contributed by atoms with Crippen LogP contribution in [0.4, 0.5) is 0 Å². The van der Waals surface area contributed by atoms with Crippen molar-refractivity contribution in [3.63, 3.8) is 0 Å². The molecule has 23 heavy (non-hydrogen) atoms. The number of hydrogen-bond donors (Lipinski definition) is 0. The second kappa shape index (κ2) is 15.7. The zero-order valence-corrected chi connectivity index (χ0v) is 18.7. The van der Waals surface area contributed by atoms with Crippen LogP contribution in [0.3, 0.4) is 0 Å². The van der Waals surface area contributed by atoms with Gasteiger partial charge in [-0.1, -0.05) is 20.8 Å². The number of hydrogen-bond acceptors (Lipinski definition) is 5. The van der Waals surface area contributed by atoms with Crippen molar-refractivity contribution in [3.8, 4) is 0 Å². The molecule has 0 fully saturated rings. The predicted octanol–water partition coefficient (Wildman–Crippen LogP) is 4.60. The smallest absolute Gasteiger partial charge is 0.395 e. The third-order valence-electron chi connectivity index (χ3n) is 3.42. The summed E-state index contributed by atoms with van der Waals surface area (Å²) in [6.45, 7) is 19.9. The van der Waals surface area contributed by atoms with Crippen molar-refractivity contribution < 1.29 is 22.1 Å². The van der Waals surface area contributed by atoms with Crippen LogP contribution in [0.15, 0.2) is 0 Å². The third kappa shape index (κ3) is 10.7. The van der Waals surface area contributed by atoms with Crippen molar-refractivity contribution >= 4 is 17.4 Å². The zero-order chi connectivity index (χ0) is 18.2. The Bertz CT molecular complexity index is 226. The Hall–Kier alpha value is 0.234. The molecule has 0 spiro atoms. The first kappa shape index (κ1) is 25.5. The molecule has 0 aromatic heterocycles. The van der Waals surface area contributed by atoms with Gasteiger partial charge in [-0.15, -0.1) is 0 Å². The fraction of sp³-hybridized carbons (Fsp3) is 1.00. The highest BCUT2D eigenvalue weighted by Gasteiger charge is 2.37. The van der Waals surface area contributed by atoms with E-state index in [9.17, 15) is 0 Å². The van der Waals surface area contributed by atoms with Gasteiger partial charge >= 0.3 is 17.4 Å². The molecular weight excluding hydrogens is 328 g/mol. The molecule has 7 heteroatoms. The fourth-order valence-corrected chi connectivity index (χ4v) is 6.95.